The van der Waals surface area contributed by atoms with Crippen LogP contribution in [0.15, 0.2) is 42.0 Å². The Morgan fingerprint density at radius 2 is 1.70 bits per heavy atom. The maximum absolute atomic E-state index is 17.3. The number of phenols is 1. The zero-order valence-electron chi connectivity index (χ0n) is 26.3. The van der Waals surface area contributed by atoms with Gasteiger partial charge in [-0.25, -0.2) is 27.9 Å². The Labute approximate surface area is 267 Å². The van der Waals surface area contributed by atoms with Gasteiger partial charge in [-0.3, -0.25) is 14.2 Å². The fourth-order valence-electron chi connectivity index (χ4n) is 6.54. The second-order valence-corrected chi connectivity index (χ2v) is 12.3. The van der Waals surface area contributed by atoms with Crippen LogP contribution in [0.4, 0.5) is 24.7 Å². The van der Waals surface area contributed by atoms with Gasteiger partial charge in [-0.05, 0) is 37.0 Å². The summed E-state index contributed by atoms with van der Waals surface area (Å²) < 4.78 is 50.4. The van der Waals surface area contributed by atoms with Crippen molar-refractivity contribution in [3.05, 3.63) is 76.5 Å². The predicted molar refractivity (Wildman–Crippen MR) is 169 cm³/mol. The molecule has 0 aliphatic carbocycles. The summed E-state index contributed by atoms with van der Waals surface area (Å²) >= 11 is 0. The van der Waals surface area contributed by atoms with E-state index in [1.54, 1.807) is 6.92 Å². The number of piperazine rings is 1. The number of amides is 2. The van der Waals surface area contributed by atoms with Gasteiger partial charge in [0.15, 0.2) is 11.6 Å². The third-order valence-corrected chi connectivity index (χ3v) is 8.60. The van der Waals surface area contributed by atoms with Crippen molar-refractivity contribution < 1.29 is 27.9 Å². The fourth-order valence-corrected chi connectivity index (χ4v) is 6.54. The summed E-state index contributed by atoms with van der Waals surface area (Å²) in [4.78, 5) is 56.8. The van der Waals surface area contributed by atoms with Crippen molar-refractivity contribution in [2.75, 3.05) is 23.3 Å². The first-order chi connectivity index (χ1) is 22.3. The molecule has 2 aliphatic heterocycles. The Balaban J connectivity index is 1.83. The molecule has 14 heteroatoms. The Hall–Kier alpha value is -5.27. The summed E-state index contributed by atoms with van der Waals surface area (Å²) in [6.45, 7) is 12.4. The van der Waals surface area contributed by atoms with Crippen LogP contribution in [0, 0.1) is 17.5 Å². The van der Waals surface area contributed by atoms with Gasteiger partial charge in [0.1, 0.15) is 35.3 Å². The lowest BCUT2D eigenvalue weighted by molar-refractivity contribution is -0.128. The normalized spacial score (nSPS) is 17.6. The number of nitrogens with zero attached hydrogens (tertiary/aromatic N) is 6. The van der Waals surface area contributed by atoms with Crippen molar-refractivity contribution in [1.29, 1.82) is 0 Å². The molecule has 2 N–H and O–H groups in total. The average molecular weight is 648 g/mol. The molecule has 4 heterocycles. The lowest BCUT2D eigenvalue weighted by Gasteiger charge is -2.44. The summed E-state index contributed by atoms with van der Waals surface area (Å²) in [7, 11) is 0. The molecule has 2 aromatic heterocycles. The molecule has 2 aliphatic rings. The van der Waals surface area contributed by atoms with E-state index in [0.29, 0.717) is 11.4 Å². The molecule has 0 bridgehead atoms. The first-order valence-corrected chi connectivity index (χ1v) is 15.1. The number of carbonyl (C=O) groups is 2. The topological polar surface area (TPSA) is 134 Å². The van der Waals surface area contributed by atoms with E-state index in [0.717, 1.165) is 22.8 Å². The molecule has 11 nitrogen and oxygen atoms in total. The van der Waals surface area contributed by atoms with Crippen molar-refractivity contribution in [3.63, 3.8) is 0 Å². The van der Waals surface area contributed by atoms with Gasteiger partial charge in [0.2, 0.25) is 11.8 Å². The van der Waals surface area contributed by atoms with Crippen molar-refractivity contribution >= 4 is 34.2 Å². The van der Waals surface area contributed by atoms with Crippen molar-refractivity contribution in [2.45, 2.75) is 58.5 Å². The third kappa shape index (κ3) is 4.81. The lowest BCUT2D eigenvalue weighted by atomic mass is 9.97. The van der Waals surface area contributed by atoms with Gasteiger partial charge < -0.3 is 20.2 Å². The summed E-state index contributed by atoms with van der Waals surface area (Å²) in [6, 6.07) is 1.33. The van der Waals surface area contributed by atoms with Crippen LogP contribution >= 0.6 is 0 Å². The number of fused-ring (bicyclic) bond motifs is 2. The molecule has 47 heavy (non-hydrogen) atoms. The Morgan fingerprint density at radius 1 is 1.04 bits per heavy atom. The van der Waals surface area contributed by atoms with E-state index < -0.39 is 75.1 Å². The molecule has 2 amide bonds. The Kier molecular flexibility index (Phi) is 7.77. The van der Waals surface area contributed by atoms with Crippen LogP contribution in [0.25, 0.3) is 27.7 Å². The van der Waals surface area contributed by atoms with Crippen LogP contribution < -0.4 is 15.9 Å². The minimum absolute atomic E-state index is 0.0872. The van der Waals surface area contributed by atoms with Crippen LogP contribution in [-0.4, -0.2) is 66.5 Å². The second kappa shape index (κ2) is 11.5. The molecular weight excluding hydrogens is 615 g/mol. The molecule has 0 spiro atoms. The third-order valence-electron chi connectivity index (χ3n) is 8.60. The van der Waals surface area contributed by atoms with Gasteiger partial charge in [-0.15, -0.1) is 0 Å². The van der Waals surface area contributed by atoms with Crippen molar-refractivity contribution in [3.8, 4) is 22.6 Å². The highest BCUT2D eigenvalue weighted by molar-refractivity contribution is 6.13. The SMILES string of the molecule is C=CC(=O)N1CC(C)N2c3nc(=O)n(-c4c(C(C)C)ncnc4C(C)C)c4c(F)c(-c5c(O)cccc5F)c(F)c(c34)NC(=O)C2C1. The molecule has 4 aromatic rings. The van der Waals surface area contributed by atoms with Crippen LogP contribution in [0.2, 0.25) is 0 Å². The summed E-state index contributed by atoms with van der Waals surface area (Å²) in [5.41, 5.74) is -3.04. The van der Waals surface area contributed by atoms with E-state index in [9.17, 15) is 19.5 Å². The number of carbonyl (C=O) groups excluding carboxylic acids is 2. The predicted octanol–water partition coefficient (Wildman–Crippen LogP) is 4.76. The van der Waals surface area contributed by atoms with E-state index in [-0.39, 0.29) is 41.8 Å². The number of benzene rings is 2. The molecule has 2 atom stereocenters. The molecule has 6 rings (SSSR count). The molecule has 0 saturated carbocycles. The van der Waals surface area contributed by atoms with Gasteiger partial charge >= 0.3 is 5.69 Å². The highest BCUT2D eigenvalue weighted by Gasteiger charge is 2.44. The lowest BCUT2D eigenvalue weighted by Crippen LogP contribution is -2.62. The highest BCUT2D eigenvalue weighted by Crippen LogP contribution is 2.47. The molecular formula is C33H32F3N7O4. The number of halogens is 3. The first kappa shape index (κ1) is 31.7. The monoisotopic (exact) mass is 647 g/mol. The zero-order valence-corrected chi connectivity index (χ0v) is 26.3. The number of nitrogens with one attached hydrogen (secondary N) is 1. The maximum atomic E-state index is 17.3. The zero-order chi connectivity index (χ0) is 34.1. The second-order valence-electron chi connectivity index (χ2n) is 12.3. The van der Waals surface area contributed by atoms with Crippen LogP contribution in [0.5, 0.6) is 5.75 Å². The molecule has 0 radical (unpaired) electrons. The van der Waals surface area contributed by atoms with Gasteiger partial charge in [0, 0.05) is 12.6 Å². The molecule has 1 fully saturated rings. The first-order valence-electron chi connectivity index (χ1n) is 15.1. The Morgan fingerprint density at radius 3 is 2.30 bits per heavy atom. The van der Waals surface area contributed by atoms with Crippen LogP contribution in [0.3, 0.4) is 0 Å². The average Bonchev–Trinajstić information content (AvgIpc) is 3.14. The minimum atomic E-state index is -1.39. The molecule has 2 unspecified atom stereocenters. The number of aromatic nitrogens is 4. The van der Waals surface area contributed by atoms with Gasteiger partial charge in [0.25, 0.3) is 0 Å². The van der Waals surface area contributed by atoms with E-state index in [1.807, 2.05) is 27.7 Å². The summed E-state index contributed by atoms with van der Waals surface area (Å²) in [5, 5.41) is 12.9. The standard InChI is InChI=1S/C33H32F3N7O4/c1-7-20(45)41-11-16(6)42-18(12-41)32(46)39-28-23-29(25(36)22(24(28)35)21-17(34)9-8-10-19(21)44)43(33(47)40-31(23)42)30-26(14(2)3)37-13-38-27(30)15(4)5/h7-10,13-16,18,44H,1,11-12H2,2-6H3,(H,39,46). The van der Waals surface area contributed by atoms with E-state index >= 15 is 13.2 Å². The van der Waals surface area contributed by atoms with E-state index in [2.05, 4.69) is 26.8 Å². The van der Waals surface area contributed by atoms with Crippen molar-refractivity contribution in [1.82, 2.24) is 24.4 Å². The maximum Gasteiger partial charge on any atom is 0.354 e. The summed E-state index contributed by atoms with van der Waals surface area (Å²) in [6.07, 6.45) is 2.43. The van der Waals surface area contributed by atoms with Gasteiger partial charge in [-0.1, -0.05) is 40.3 Å². The number of phenolic OH excluding ortho intramolecular Hbond substituents is 1. The smallest absolute Gasteiger partial charge is 0.354 e. The Bertz CT molecular complexity index is 2020. The van der Waals surface area contributed by atoms with Crippen molar-refractivity contribution in [2.24, 2.45) is 0 Å². The largest absolute Gasteiger partial charge is 0.507 e. The number of hydrogen-bond donors (Lipinski definition) is 2. The number of aromatic hydroxyl groups is 1. The number of rotatable bonds is 5. The quantitative estimate of drug-likeness (QED) is 0.297. The number of hydrogen-bond acceptors (Lipinski definition) is 8. The summed E-state index contributed by atoms with van der Waals surface area (Å²) in [5.74, 6) is -6.71. The van der Waals surface area contributed by atoms with Crippen LogP contribution in [0.1, 0.15) is 57.8 Å². The van der Waals surface area contributed by atoms with Crippen LogP contribution in [-0.2, 0) is 9.59 Å². The van der Waals surface area contributed by atoms with E-state index in [4.69, 9.17) is 0 Å². The van der Waals surface area contributed by atoms with Gasteiger partial charge in [0.05, 0.1) is 45.8 Å². The molecule has 2 aromatic carbocycles. The molecule has 244 valence electrons. The molecule has 1 saturated heterocycles. The highest BCUT2D eigenvalue weighted by atomic mass is 19.1. The number of anilines is 2. The van der Waals surface area contributed by atoms with Gasteiger partial charge in [-0.2, -0.15) is 4.98 Å². The minimum Gasteiger partial charge on any atom is -0.507 e. The fraction of sp³-hybridized carbons (Fsp3) is 0.333. The van der Waals surface area contributed by atoms with E-state index in [1.165, 1.54) is 22.2 Å².